The summed E-state index contributed by atoms with van der Waals surface area (Å²) >= 11 is 0. The lowest BCUT2D eigenvalue weighted by atomic mass is 9.80. The third-order valence-electron chi connectivity index (χ3n) is 5.58. The Morgan fingerprint density at radius 3 is 2.33 bits per heavy atom. The molecule has 0 bridgehead atoms. The summed E-state index contributed by atoms with van der Waals surface area (Å²) in [7, 11) is 0. The molecule has 158 valence electrons. The molecule has 1 aliphatic rings. The molecule has 1 aliphatic carbocycles. The Morgan fingerprint density at radius 2 is 1.70 bits per heavy atom. The predicted molar refractivity (Wildman–Crippen MR) is 108 cm³/mol. The van der Waals surface area contributed by atoms with Gasteiger partial charge >= 0.3 is 5.97 Å². The summed E-state index contributed by atoms with van der Waals surface area (Å²) in [5.41, 5.74) is -0.437. The molecule has 0 unspecified atom stereocenters. The summed E-state index contributed by atoms with van der Waals surface area (Å²) in [5, 5.41) is 8.73. The first-order chi connectivity index (χ1) is 14.5. The second kappa shape index (κ2) is 10.2. The van der Waals surface area contributed by atoms with Crippen LogP contribution in [-0.4, -0.2) is 12.6 Å². The van der Waals surface area contributed by atoms with Crippen LogP contribution < -0.4 is 9.47 Å². The number of rotatable bonds is 7. The molecule has 6 heteroatoms. The van der Waals surface area contributed by atoms with Crippen LogP contribution in [0.2, 0.25) is 0 Å². The molecule has 0 aliphatic heterocycles. The number of nitrogens with zero attached hydrogens (tertiary/aromatic N) is 1. The lowest BCUT2D eigenvalue weighted by Gasteiger charge is -2.28. The fraction of sp³-hybridized carbons (Fsp3) is 0.417. The second-order valence-corrected chi connectivity index (χ2v) is 7.77. The highest BCUT2D eigenvalue weighted by Crippen LogP contribution is 2.32. The average molecular weight is 413 g/mol. The van der Waals surface area contributed by atoms with E-state index < -0.39 is 17.6 Å². The molecule has 0 saturated heterocycles. The number of benzene rings is 2. The first-order valence-corrected chi connectivity index (χ1v) is 10.3. The molecule has 1 saturated carbocycles. The van der Waals surface area contributed by atoms with E-state index in [1.54, 1.807) is 6.07 Å². The maximum absolute atomic E-state index is 14.4. The number of carbonyl (C=O) groups excluding carboxylic acids is 1. The highest BCUT2D eigenvalue weighted by atomic mass is 19.1. The maximum Gasteiger partial charge on any atom is 0.346 e. The van der Waals surface area contributed by atoms with Gasteiger partial charge in [-0.3, -0.25) is 0 Å². The molecule has 0 spiro atoms. The van der Waals surface area contributed by atoms with Crippen molar-refractivity contribution in [1.82, 2.24) is 0 Å². The van der Waals surface area contributed by atoms with Gasteiger partial charge in [0.1, 0.15) is 29.2 Å². The molecule has 0 aromatic heterocycles. The minimum absolute atomic E-state index is 0.102. The number of halogens is 2. The summed E-state index contributed by atoms with van der Waals surface area (Å²) in [6, 6.07) is 9.06. The minimum atomic E-state index is -0.947. The molecule has 0 amide bonds. The van der Waals surface area contributed by atoms with E-state index in [0.29, 0.717) is 18.3 Å². The zero-order valence-corrected chi connectivity index (χ0v) is 17.0. The van der Waals surface area contributed by atoms with E-state index in [1.807, 2.05) is 0 Å². The number of hydrogen-bond donors (Lipinski definition) is 0. The number of ether oxygens (including phenoxy) is 2. The van der Waals surface area contributed by atoms with E-state index >= 15 is 0 Å². The Morgan fingerprint density at radius 1 is 1.03 bits per heavy atom. The summed E-state index contributed by atoms with van der Waals surface area (Å²) < 4.78 is 38.8. The van der Waals surface area contributed by atoms with Crippen molar-refractivity contribution in [2.24, 2.45) is 11.8 Å². The first-order valence-electron chi connectivity index (χ1n) is 10.3. The molecular formula is C24H25F2NO3. The van der Waals surface area contributed by atoms with Gasteiger partial charge in [0.05, 0.1) is 17.7 Å². The van der Waals surface area contributed by atoms with Crippen molar-refractivity contribution in [2.45, 2.75) is 45.4 Å². The summed E-state index contributed by atoms with van der Waals surface area (Å²) in [6.45, 7) is 2.75. The van der Waals surface area contributed by atoms with Crippen LogP contribution in [0.4, 0.5) is 8.78 Å². The van der Waals surface area contributed by atoms with Crippen molar-refractivity contribution in [2.75, 3.05) is 6.61 Å². The smallest absolute Gasteiger partial charge is 0.346 e. The number of hydrogen-bond acceptors (Lipinski definition) is 4. The molecule has 1 fully saturated rings. The molecule has 0 radical (unpaired) electrons. The maximum atomic E-state index is 14.4. The van der Waals surface area contributed by atoms with E-state index in [4.69, 9.17) is 14.7 Å². The van der Waals surface area contributed by atoms with E-state index in [0.717, 1.165) is 24.8 Å². The van der Waals surface area contributed by atoms with Crippen LogP contribution in [0, 0.1) is 34.8 Å². The van der Waals surface area contributed by atoms with Gasteiger partial charge in [0.15, 0.2) is 0 Å². The topological polar surface area (TPSA) is 59.3 Å². The molecule has 3 rings (SSSR count). The molecule has 2 aromatic carbocycles. The van der Waals surface area contributed by atoms with Gasteiger partial charge in [0.2, 0.25) is 0 Å². The molecular weight excluding hydrogens is 388 g/mol. The molecule has 0 heterocycles. The van der Waals surface area contributed by atoms with Crippen LogP contribution >= 0.6 is 0 Å². The van der Waals surface area contributed by atoms with Crippen molar-refractivity contribution in [3.63, 3.8) is 0 Å². The highest BCUT2D eigenvalue weighted by molar-refractivity contribution is 5.91. The molecule has 0 atom stereocenters. The van der Waals surface area contributed by atoms with Crippen molar-refractivity contribution in [3.8, 4) is 17.6 Å². The third kappa shape index (κ3) is 5.56. The van der Waals surface area contributed by atoms with Gasteiger partial charge < -0.3 is 9.47 Å². The van der Waals surface area contributed by atoms with Gasteiger partial charge in [0.25, 0.3) is 0 Å². The van der Waals surface area contributed by atoms with E-state index in [1.165, 1.54) is 56.0 Å². The van der Waals surface area contributed by atoms with Crippen LogP contribution in [0.3, 0.4) is 0 Å². The predicted octanol–water partition coefficient (Wildman–Crippen LogP) is 6.04. The Hall–Kier alpha value is -2.94. The highest BCUT2D eigenvalue weighted by Gasteiger charge is 2.21. The van der Waals surface area contributed by atoms with Gasteiger partial charge in [-0.25, -0.2) is 13.6 Å². The second-order valence-electron chi connectivity index (χ2n) is 7.77. The number of esters is 1. The monoisotopic (exact) mass is 413 g/mol. The zero-order chi connectivity index (χ0) is 21.5. The van der Waals surface area contributed by atoms with Crippen LogP contribution in [0.15, 0.2) is 36.4 Å². The minimum Gasteiger partial charge on any atom is -0.493 e. The lowest BCUT2D eigenvalue weighted by molar-refractivity contribution is 0.0729. The lowest BCUT2D eigenvalue weighted by Crippen LogP contribution is -2.20. The normalized spacial score (nSPS) is 18.5. The van der Waals surface area contributed by atoms with Gasteiger partial charge in [-0.05, 0) is 48.9 Å². The van der Waals surface area contributed by atoms with Crippen LogP contribution in [0.1, 0.15) is 61.4 Å². The van der Waals surface area contributed by atoms with Gasteiger partial charge in [-0.2, -0.15) is 5.26 Å². The fourth-order valence-corrected chi connectivity index (χ4v) is 3.87. The first kappa shape index (κ1) is 21.8. The average Bonchev–Trinajstić information content (AvgIpc) is 2.73. The Kier molecular flexibility index (Phi) is 7.40. The van der Waals surface area contributed by atoms with Crippen molar-refractivity contribution >= 4 is 5.97 Å². The van der Waals surface area contributed by atoms with E-state index in [9.17, 15) is 13.6 Å². The van der Waals surface area contributed by atoms with E-state index in [2.05, 4.69) is 6.92 Å². The molecule has 4 nitrogen and oxygen atoms in total. The number of carbonyl (C=O) groups is 1. The number of nitriles is 1. The molecule has 30 heavy (non-hydrogen) atoms. The molecule has 0 N–H and O–H groups in total. The fourth-order valence-electron chi connectivity index (χ4n) is 3.87. The summed E-state index contributed by atoms with van der Waals surface area (Å²) in [5.74, 6) is -0.971. The third-order valence-corrected chi connectivity index (χ3v) is 5.58. The van der Waals surface area contributed by atoms with Gasteiger partial charge in [-0.15, -0.1) is 0 Å². The van der Waals surface area contributed by atoms with Crippen LogP contribution in [-0.2, 0) is 0 Å². The largest absolute Gasteiger partial charge is 0.493 e. The van der Waals surface area contributed by atoms with Crippen molar-refractivity contribution in [3.05, 3.63) is 59.2 Å². The summed E-state index contributed by atoms with van der Waals surface area (Å²) in [4.78, 5) is 12.2. The van der Waals surface area contributed by atoms with Crippen LogP contribution in [0.5, 0.6) is 11.5 Å². The molecule has 2 aromatic rings. The Labute approximate surface area is 175 Å². The standard InChI is InChI=1S/C24H25F2NO3/c1-2-3-16-4-6-17(7-5-16)15-29-19-10-11-21(23(26)12-19)24(28)30-20-9-8-18(14-27)22(25)13-20/h8-13,16-17H,2-7,15H2,1H3. The van der Waals surface area contributed by atoms with Crippen molar-refractivity contribution < 1.29 is 23.0 Å². The van der Waals surface area contributed by atoms with E-state index in [-0.39, 0.29) is 16.9 Å². The zero-order valence-electron chi connectivity index (χ0n) is 17.0. The van der Waals surface area contributed by atoms with Gasteiger partial charge in [-0.1, -0.05) is 32.6 Å². The summed E-state index contributed by atoms with van der Waals surface area (Å²) in [6.07, 6.45) is 7.19. The van der Waals surface area contributed by atoms with Crippen LogP contribution in [0.25, 0.3) is 0 Å². The van der Waals surface area contributed by atoms with Crippen molar-refractivity contribution in [1.29, 1.82) is 5.26 Å². The Balaban J connectivity index is 1.55. The van der Waals surface area contributed by atoms with Gasteiger partial charge in [0, 0.05) is 12.1 Å². The Bertz CT molecular complexity index is 931. The quantitative estimate of drug-likeness (QED) is 0.410. The SMILES string of the molecule is CCCC1CCC(COc2ccc(C(=O)Oc3ccc(C#N)c(F)c3)c(F)c2)CC1.